The van der Waals surface area contributed by atoms with Crippen LogP contribution in [0.15, 0.2) is 0 Å². The molecule has 0 rings (SSSR count). The molecule has 0 saturated heterocycles. The maximum Gasteiger partial charge on any atom is 0.308 e. The normalized spacial score (nSPS) is 16.0. The van der Waals surface area contributed by atoms with Gasteiger partial charge in [-0.25, -0.2) is 0 Å². The fourth-order valence-electron chi connectivity index (χ4n) is 3.05. The summed E-state index contributed by atoms with van der Waals surface area (Å²) in [5.74, 6) is -0.404. The average Bonchev–Trinajstić information content (AvgIpc) is 2.68. The lowest BCUT2D eigenvalue weighted by Crippen LogP contribution is -2.47. The molecule has 0 aliphatic heterocycles. The fourth-order valence-corrected chi connectivity index (χ4v) is 3.71. The number of unbranched alkanes of at least 4 members (excludes halogenated alkanes) is 2. The average molecular weight is 437 g/mol. The molecule has 8 heteroatoms. The molecule has 0 aliphatic rings. The van der Waals surface area contributed by atoms with Crippen LogP contribution in [-0.4, -0.2) is 49.8 Å². The Balaban J connectivity index is 4.95. The SMILES string of the molecule is CCCCC(CC)COCC(C=O)(CC(=O)OCC(CC)CCCC)S(=O)(=O)O. The van der Waals surface area contributed by atoms with E-state index in [1.54, 1.807) is 0 Å². The van der Waals surface area contributed by atoms with Crippen molar-refractivity contribution >= 4 is 22.4 Å². The minimum atomic E-state index is -4.85. The summed E-state index contributed by atoms with van der Waals surface area (Å²) < 4.78 is 41.8. The zero-order chi connectivity index (χ0) is 22.3. The van der Waals surface area contributed by atoms with E-state index in [-0.39, 0.29) is 31.3 Å². The smallest absolute Gasteiger partial charge is 0.308 e. The first-order chi connectivity index (χ1) is 13.7. The Hall–Kier alpha value is -0.990. The Morgan fingerprint density at radius 2 is 1.52 bits per heavy atom. The summed E-state index contributed by atoms with van der Waals surface area (Å²) in [5.41, 5.74) is 0. The number of carbonyl (C=O) groups is 2. The van der Waals surface area contributed by atoms with Crippen LogP contribution in [0.5, 0.6) is 0 Å². The number of esters is 1. The molecule has 0 fully saturated rings. The van der Waals surface area contributed by atoms with E-state index in [4.69, 9.17) is 9.47 Å². The van der Waals surface area contributed by atoms with Crippen LogP contribution in [0.2, 0.25) is 0 Å². The van der Waals surface area contributed by atoms with E-state index in [1.807, 2.05) is 13.8 Å². The third-order valence-electron chi connectivity index (χ3n) is 5.44. The molecule has 0 radical (unpaired) electrons. The summed E-state index contributed by atoms with van der Waals surface area (Å²) in [6, 6.07) is 0. The van der Waals surface area contributed by atoms with Crippen molar-refractivity contribution in [1.82, 2.24) is 0 Å². The second-order valence-corrected chi connectivity index (χ2v) is 9.63. The Labute approximate surface area is 176 Å². The summed E-state index contributed by atoms with van der Waals surface area (Å²) >= 11 is 0. The second kappa shape index (κ2) is 14.9. The van der Waals surface area contributed by atoms with Crippen LogP contribution in [-0.2, 0) is 29.2 Å². The second-order valence-electron chi connectivity index (χ2n) is 7.87. The van der Waals surface area contributed by atoms with E-state index < -0.39 is 33.9 Å². The monoisotopic (exact) mass is 436 g/mol. The summed E-state index contributed by atoms with van der Waals surface area (Å²) in [5, 5.41) is 0. The van der Waals surface area contributed by atoms with Gasteiger partial charge in [-0.2, -0.15) is 8.42 Å². The number of hydrogen-bond acceptors (Lipinski definition) is 6. The van der Waals surface area contributed by atoms with E-state index >= 15 is 0 Å². The topological polar surface area (TPSA) is 107 Å². The Bertz CT molecular complexity index is 561. The van der Waals surface area contributed by atoms with Crippen molar-refractivity contribution in [1.29, 1.82) is 0 Å². The Morgan fingerprint density at radius 3 is 1.93 bits per heavy atom. The molecule has 0 amide bonds. The highest BCUT2D eigenvalue weighted by Crippen LogP contribution is 2.23. The molecular formula is C21H40O7S. The van der Waals surface area contributed by atoms with Gasteiger partial charge in [-0.3, -0.25) is 9.35 Å². The fraction of sp³-hybridized carbons (Fsp3) is 0.905. The minimum absolute atomic E-state index is 0.0883. The predicted octanol–water partition coefficient (Wildman–Crippen LogP) is 4.19. The highest BCUT2D eigenvalue weighted by Gasteiger charge is 2.46. The van der Waals surface area contributed by atoms with Gasteiger partial charge in [-0.15, -0.1) is 0 Å². The Kier molecular flexibility index (Phi) is 14.4. The molecule has 0 aromatic carbocycles. The quantitative estimate of drug-likeness (QED) is 0.195. The van der Waals surface area contributed by atoms with Crippen molar-refractivity contribution in [2.45, 2.75) is 90.2 Å². The maximum atomic E-state index is 12.2. The standard InChI is InChI=1S/C21H40O7S/c1-5-9-11-18(7-3)14-27-17-21(16-22,29(24,25)26)13-20(23)28-15-19(8-4)12-10-6-2/h16,18-19H,5-15,17H2,1-4H3,(H,24,25,26). The third-order valence-corrected chi connectivity index (χ3v) is 6.82. The summed E-state index contributed by atoms with van der Waals surface area (Å²) in [6.07, 6.45) is 7.00. The van der Waals surface area contributed by atoms with Crippen LogP contribution < -0.4 is 0 Å². The molecule has 3 atom stereocenters. The van der Waals surface area contributed by atoms with E-state index in [0.29, 0.717) is 0 Å². The van der Waals surface area contributed by atoms with Gasteiger partial charge < -0.3 is 14.3 Å². The molecule has 172 valence electrons. The van der Waals surface area contributed by atoms with Crippen LogP contribution in [0.1, 0.15) is 85.5 Å². The van der Waals surface area contributed by atoms with Crippen molar-refractivity contribution in [3.05, 3.63) is 0 Å². The van der Waals surface area contributed by atoms with Crippen molar-refractivity contribution < 1.29 is 32.0 Å². The van der Waals surface area contributed by atoms with Gasteiger partial charge in [0.1, 0.15) is 6.29 Å². The lowest BCUT2D eigenvalue weighted by Gasteiger charge is -2.25. The highest BCUT2D eigenvalue weighted by molar-refractivity contribution is 7.88. The first-order valence-electron chi connectivity index (χ1n) is 10.9. The highest BCUT2D eigenvalue weighted by atomic mass is 32.2. The van der Waals surface area contributed by atoms with E-state index in [2.05, 4.69) is 13.8 Å². The first-order valence-corrected chi connectivity index (χ1v) is 12.3. The molecule has 1 N–H and O–H groups in total. The maximum absolute atomic E-state index is 12.2. The third kappa shape index (κ3) is 10.6. The first kappa shape index (κ1) is 28.0. The zero-order valence-corrected chi connectivity index (χ0v) is 19.3. The summed E-state index contributed by atoms with van der Waals surface area (Å²) in [4.78, 5) is 23.9. The van der Waals surface area contributed by atoms with Gasteiger partial charge in [0.25, 0.3) is 10.1 Å². The van der Waals surface area contributed by atoms with Crippen molar-refractivity contribution in [3.8, 4) is 0 Å². The van der Waals surface area contributed by atoms with Gasteiger partial charge in [0.05, 0.1) is 19.6 Å². The van der Waals surface area contributed by atoms with Crippen LogP contribution >= 0.6 is 0 Å². The molecule has 0 aromatic heterocycles. The van der Waals surface area contributed by atoms with Gasteiger partial charge in [-0.05, 0) is 24.7 Å². The van der Waals surface area contributed by atoms with Crippen LogP contribution in [0.25, 0.3) is 0 Å². The molecule has 0 aromatic rings. The molecular weight excluding hydrogens is 396 g/mol. The summed E-state index contributed by atoms with van der Waals surface area (Å²) in [7, 11) is -4.85. The number of hydrogen-bond donors (Lipinski definition) is 1. The van der Waals surface area contributed by atoms with Crippen molar-refractivity contribution in [3.63, 3.8) is 0 Å². The number of rotatable bonds is 18. The Morgan fingerprint density at radius 1 is 1.00 bits per heavy atom. The largest absolute Gasteiger partial charge is 0.465 e. The van der Waals surface area contributed by atoms with Gasteiger partial charge in [0.2, 0.25) is 0 Å². The molecule has 7 nitrogen and oxygen atoms in total. The molecule has 0 heterocycles. The van der Waals surface area contributed by atoms with Crippen LogP contribution in [0.4, 0.5) is 0 Å². The number of ether oxygens (including phenoxy) is 2. The lowest BCUT2D eigenvalue weighted by molar-refractivity contribution is -0.147. The molecule has 0 aliphatic carbocycles. The predicted molar refractivity (Wildman–Crippen MR) is 113 cm³/mol. The van der Waals surface area contributed by atoms with Crippen LogP contribution in [0, 0.1) is 11.8 Å². The van der Waals surface area contributed by atoms with Crippen LogP contribution in [0.3, 0.4) is 0 Å². The molecule has 29 heavy (non-hydrogen) atoms. The number of aldehydes is 1. The summed E-state index contributed by atoms with van der Waals surface area (Å²) in [6.45, 7) is 8.05. The van der Waals surface area contributed by atoms with E-state index in [1.165, 1.54) is 0 Å². The number of carbonyl (C=O) groups excluding carboxylic acids is 2. The van der Waals surface area contributed by atoms with Gasteiger partial charge in [0, 0.05) is 6.61 Å². The molecule has 0 spiro atoms. The van der Waals surface area contributed by atoms with Gasteiger partial charge in [0.15, 0.2) is 4.75 Å². The molecule has 3 unspecified atom stereocenters. The molecule has 0 bridgehead atoms. The molecule has 0 saturated carbocycles. The van der Waals surface area contributed by atoms with Gasteiger partial charge in [-0.1, -0.05) is 66.2 Å². The zero-order valence-electron chi connectivity index (χ0n) is 18.5. The van der Waals surface area contributed by atoms with Crippen molar-refractivity contribution in [2.24, 2.45) is 11.8 Å². The van der Waals surface area contributed by atoms with E-state index in [0.717, 1.165) is 51.4 Å². The van der Waals surface area contributed by atoms with Crippen molar-refractivity contribution in [2.75, 3.05) is 19.8 Å². The lowest BCUT2D eigenvalue weighted by atomic mass is 10.0. The van der Waals surface area contributed by atoms with Gasteiger partial charge >= 0.3 is 5.97 Å². The minimum Gasteiger partial charge on any atom is -0.465 e. The van der Waals surface area contributed by atoms with E-state index in [9.17, 15) is 22.6 Å².